The van der Waals surface area contributed by atoms with Gasteiger partial charge in [-0.1, -0.05) is 11.3 Å². The van der Waals surface area contributed by atoms with Gasteiger partial charge in [-0.15, -0.1) is 0 Å². The van der Waals surface area contributed by atoms with E-state index >= 15 is 0 Å². The lowest BCUT2D eigenvalue weighted by Crippen LogP contribution is -2.04. The minimum atomic E-state index is -2.60. The van der Waals surface area contributed by atoms with Gasteiger partial charge in [0.15, 0.2) is 15.8 Å². The SMILES string of the molecule is CC(=O)Nc1ncc([SH](=O)=O)s1. The first-order chi connectivity index (χ1) is 5.59. The zero-order valence-corrected chi connectivity index (χ0v) is 7.82. The van der Waals surface area contributed by atoms with Crippen LogP contribution in [0.25, 0.3) is 0 Å². The summed E-state index contributed by atoms with van der Waals surface area (Å²) in [5.41, 5.74) is 0. The first-order valence-electron chi connectivity index (χ1n) is 2.97. The highest BCUT2D eigenvalue weighted by molar-refractivity contribution is 7.75. The normalized spacial score (nSPS) is 10.2. The van der Waals surface area contributed by atoms with Gasteiger partial charge in [0.1, 0.15) is 4.21 Å². The smallest absolute Gasteiger partial charge is 0.223 e. The average Bonchev–Trinajstić information content (AvgIpc) is 2.34. The highest BCUT2D eigenvalue weighted by atomic mass is 32.2. The van der Waals surface area contributed by atoms with Crippen molar-refractivity contribution < 1.29 is 13.2 Å². The number of carbonyl (C=O) groups is 1. The van der Waals surface area contributed by atoms with Crippen LogP contribution in [-0.2, 0) is 15.5 Å². The van der Waals surface area contributed by atoms with E-state index < -0.39 is 10.7 Å². The molecular weight excluding hydrogens is 200 g/mol. The molecule has 12 heavy (non-hydrogen) atoms. The zero-order chi connectivity index (χ0) is 9.14. The van der Waals surface area contributed by atoms with Gasteiger partial charge < -0.3 is 5.32 Å². The fourth-order valence-corrected chi connectivity index (χ4v) is 1.87. The molecule has 0 fully saturated rings. The van der Waals surface area contributed by atoms with Crippen LogP contribution in [0.2, 0.25) is 0 Å². The molecule has 0 atom stereocenters. The number of nitrogens with zero attached hydrogens (tertiary/aromatic N) is 1. The number of hydrogen-bond acceptors (Lipinski definition) is 5. The molecule has 1 heterocycles. The molecule has 1 amide bonds. The number of thiol groups is 1. The largest absolute Gasteiger partial charge is 0.302 e. The van der Waals surface area contributed by atoms with Gasteiger partial charge in [0.25, 0.3) is 0 Å². The van der Waals surface area contributed by atoms with Crippen molar-refractivity contribution in [1.29, 1.82) is 0 Å². The highest BCUT2D eigenvalue weighted by Gasteiger charge is 2.03. The first-order valence-corrected chi connectivity index (χ1v) is 4.97. The van der Waals surface area contributed by atoms with Crippen LogP contribution in [0.15, 0.2) is 10.4 Å². The van der Waals surface area contributed by atoms with Crippen molar-refractivity contribution in [3.05, 3.63) is 6.20 Å². The number of hydrogen-bond donors (Lipinski definition) is 2. The summed E-state index contributed by atoms with van der Waals surface area (Å²) >= 11 is 0.930. The van der Waals surface area contributed by atoms with Crippen LogP contribution in [0.4, 0.5) is 5.13 Å². The quantitative estimate of drug-likeness (QED) is 0.671. The standard InChI is InChI=1S/C5H6N2O3S2/c1-3(8)7-5-6-2-4(11-5)12(9)10/h2,12H,1H3,(H,6,7,8). The molecule has 0 aliphatic carbocycles. The van der Waals surface area contributed by atoms with E-state index in [2.05, 4.69) is 10.3 Å². The fraction of sp³-hybridized carbons (Fsp3) is 0.200. The summed E-state index contributed by atoms with van der Waals surface area (Å²) in [5, 5.41) is 2.68. The van der Waals surface area contributed by atoms with Gasteiger partial charge in [0.05, 0.1) is 6.20 Å². The number of carbonyl (C=O) groups excluding carboxylic acids is 1. The van der Waals surface area contributed by atoms with E-state index in [4.69, 9.17) is 0 Å². The van der Waals surface area contributed by atoms with Crippen molar-refractivity contribution in [2.45, 2.75) is 11.1 Å². The third-order valence-corrected chi connectivity index (χ3v) is 2.87. The van der Waals surface area contributed by atoms with Crippen LogP contribution in [0.1, 0.15) is 6.92 Å². The lowest BCUT2D eigenvalue weighted by atomic mass is 10.7. The van der Waals surface area contributed by atoms with Crippen LogP contribution >= 0.6 is 11.3 Å². The highest BCUT2D eigenvalue weighted by Crippen LogP contribution is 2.18. The third-order valence-electron chi connectivity index (χ3n) is 0.956. The summed E-state index contributed by atoms with van der Waals surface area (Å²) < 4.78 is 20.9. The molecule has 0 spiro atoms. The Balaban J connectivity index is 2.84. The number of nitrogens with one attached hydrogen (secondary N) is 1. The second-order valence-electron chi connectivity index (χ2n) is 1.94. The molecule has 0 aliphatic heterocycles. The number of amides is 1. The zero-order valence-electron chi connectivity index (χ0n) is 6.10. The maximum atomic E-state index is 10.5. The molecule has 66 valence electrons. The van der Waals surface area contributed by atoms with Crippen molar-refractivity contribution in [1.82, 2.24) is 4.98 Å². The molecule has 0 aromatic carbocycles. The summed E-state index contributed by atoms with van der Waals surface area (Å²) in [5.74, 6) is -0.267. The fourth-order valence-electron chi connectivity index (χ4n) is 0.558. The molecule has 0 aliphatic rings. The predicted octanol–water partition coefficient (Wildman–Crippen LogP) is 0.0718. The Bertz CT molecular complexity index is 361. The first kappa shape index (κ1) is 9.14. The molecule has 0 bridgehead atoms. The van der Waals surface area contributed by atoms with Gasteiger partial charge in [-0.05, 0) is 0 Å². The summed E-state index contributed by atoms with van der Waals surface area (Å²) in [7, 11) is -2.60. The molecular formula is C5H6N2O3S2. The maximum Gasteiger partial charge on any atom is 0.223 e. The maximum absolute atomic E-state index is 10.5. The van der Waals surface area contributed by atoms with Crippen LogP contribution in [-0.4, -0.2) is 19.3 Å². The molecule has 1 rings (SSSR count). The summed E-state index contributed by atoms with van der Waals surface area (Å²) in [6.07, 6.45) is 1.21. The van der Waals surface area contributed by atoms with Crippen molar-refractivity contribution in [3.63, 3.8) is 0 Å². The van der Waals surface area contributed by atoms with Crippen LogP contribution in [0.3, 0.4) is 0 Å². The molecule has 1 aromatic rings. The minimum Gasteiger partial charge on any atom is -0.302 e. The summed E-state index contributed by atoms with van der Waals surface area (Å²) in [6, 6.07) is 0. The Morgan fingerprint density at radius 3 is 2.75 bits per heavy atom. The molecule has 1 aromatic heterocycles. The Morgan fingerprint density at radius 1 is 1.67 bits per heavy atom. The second-order valence-corrected chi connectivity index (χ2v) is 4.27. The van der Waals surface area contributed by atoms with Gasteiger partial charge in [0.2, 0.25) is 5.91 Å². The molecule has 7 heteroatoms. The van der Waals surface area contributed by atoms with Crippen molar-refractivity contribution in [2.75, 3.05) is 5.32 Å². The van der Waals surface area contributed by atoms with E-state index in [-0.39, 0.29) is 10.1 Å². The molecule has 0 saturated carbocycles. The van der Waals surface area contributed by atoms with Gasteiger partial charge in [-0.3, -0.25) is 4.79 Å². The average molecular weight is 206 g/mol. The molecule has 0 saturated heterocycles. The number of rotatable bonds is 2. The number of aromatic nitrogens is 1. The van der Waals surface area contributed by atoms with Crippen molar-refractivity contribution in [3.8, 4) is 0 Å². The van der Waals surface area contributed by atoms with E-state index in [9.17, 15) is 13.2 Å². The van der Waals surface area contributed by atoms with E-state index in [0.29, 0.717) is 5.13 Å². The van der Waals surface area contributed by atoms with E-state index in [1.807, 2.05) is 0 Å². The van der Waals surface area contributed by atoms with Crippen LogP contribution in [0.5, 0.6) is 0 Å². The Hall–Kier alpha value is -0.950. The monoisotopic (exact) mass is 206 g/mol. The Morgan fingerprint density at radius 2 is 2.33 bits per heavy atom. The van der Waals surface area contributed by atoms with Gasteiger partial charge in [-0.2, -0.15) is 0 Å². The lowest BCUT2D eigenvalue weighted by molar-refractivity contribution is -0.114. The van der Waals surface area contributed by atoms with E-state index in [1.165, 1.54) is 13.1 Å². The van der Waals surface area contributed by atoms with Gasteiger partial charge in [0, 0.05) is 6.92 Å². The van der Waals surface area contributed by atoms with Crippen LogP contribution in [0, 0.1) is 0 Å². The molecule has 0 unspecified atom stereocenters. The lowest BCUT2D eigenvalue weighted by Gasteiger charge is -1.91. The second kappa shape index (κ2) is 3.63. The Labute approximate surface area is 74.4 Å². The van der Waals surface area contributed by atoms with Gasteiger partial charge in [-0.25, -0.2) is 13.4 Å². The summed E-state index contributed by atoms with van der Waals surface area (Å²) in [6.45, 7) is 1.33. The minimum absolute atomic E-state index is 0.147. The number of thiazole rings is 1. The topological polar surface area (TPSA) is 76.1 Å². The molecule has 5 nitrogen and oxygen atoms in total. The van der Waals surface area contributed by atoms with Crippen molar-refractivity contribution >= 4 is 33.1 Å². The number of anilines is 1. The van der Waals surface area contributed by atoms with E-state index in [1.54, 1.807) is 0 Å². The van der Waals surface area contributed by atoms with Gasteiger partial charge >= 0.3 is 0 Å². The third kappa shape index (κ3) is 2.28. The molecule has 0 radical (unpaired) electrons. The summed E-state index contributed by atoms with van der Waals surface area (Å²) in [4.78, 5) is 14.2. The molecule has 1 N–H and O–H groups in total. The van der Waals surface area contributed by atoms with E-state index in [0.717, 1.165) is 11.3 Å². The Kier molecular flexibility index (Phi) is 2.77. The van der Waals surface area contributed by atoms with Crippen LogP contribution < -0.4 is 5.32 Å². The predicted molar refractivity (Wildman–Crippen MR) is 45.0 cm³/mol. The van der Waals surface area contributed by atoms with Crippen molar-refractivity contribution in [2.24, 2.45) is 0 Å².